The molecule has 1 saturated carbocycles. The van der Waals surface area contributed by atoms with Crippen LogP contribution in [0.3, 0.4) is 0 Å². The van der Waals surface area contributed by atoms with E-state index in [0.29, 0.717) is 11.7 Å². The third kappa shape index (κ3) is 1.97. The Bertz CT molecular complexity index is 571. The van der Waals surface area contributed by atoms with Crippen LogP contribution in [0.1, 0.15) is 33.8 Å². The van der Waals surface area contributed by atoms with E-state index in [-0.39, 0.29) is 5.92 Å². The minimum Gasteiger partial charge on any atom is -0.294 e. The Hall–Kier alpha value is -1.89. The predicted octanol–water partition coefficient (Wildman–Crippen LogP) is 3.98. The van der Waals surface area contributed by atoms with Gasteiger partial charge in [-0.25, -0.2) is 0 Å². The molecule has 1 aliphatic rings. The highest BCUT2D eigenvalue weighted by Gasteiger charge is 2.44. The van der Waals surface area contributed by atoms with Crippen molar-refractivity contribution in [2.24, 2.45) is 5.92 Å². The molecule has 0 amide bonds. The number of aryl methyl sites for hydroxylation is 1. The lowest BCUT2D eigenvalue weighted by Gasteiger charge is -2.04. The maximum absolute atomic E-state index is 12.4. The van der Waals surface area contributed by atoms with Crippen LogP contribution in [0, 0.1) is 12.8 Å². The van der Waals surface area contributed by atoms with Crippen molar-refractivity contribution in [3.05, 3.63) is 71.3 Å². The van der Waals surface area contributed by atoms with Crippen molar-refractivity contribution < 1.29 is 4.79 Å². The van der Waals surface area contributed by atoms with Gasteiger partial charge in [-0.05, 0) is 30.4 Å². The van der Waals surface area contributed by atoms with Crippen molar-refractivity contribution in [2.45, 2.75) is 19.3 Å². The summed E-state index contributed by atoms with van der Waals surface area (Å²) in [6.45, 7) is 2.01. The fraction of sp³-hybridized carbons (Fsp3) is 0.235. The second-order valence-electron chi connectivity index (χ2n) is 5.04. The van der Waals surface area contributed by atoms with Crippen molar-refractivity contribution >= 4 is 5.78 Å². The molecule has 0 aromatic heterocycles. The van der Waals surface area contributed by atoms with E-state index in [2.05, 4.69) is 12.1 Å². The lowest BCUT2D eigenvalue weighted by Crippen LogP contribution is -2.05. The van der Waals surface area contributed by atoms with Gasteiger partial charge in [-0.2, -0.15) is 0 Å². The Morgan fingerprint density at radius 3 is 2.39 bits per heavy atom. The molecule has 2 atom stereocenters. The van der Waals surface area contributed by atoms with Crippen LogP contribution in [0.5, 0.6) is 0 Å². The van der Waals surface area contributed by atoms with Gasteiger partial charge >= 0.3 is 0 Å². The third-order valence-electron chi connectivity index (χ3n) is 3.77. The van der Waals surface area contributed by atoms with Gasteiger partial charge in [-0.3, -0.25) is 4.79 Å². The molecule has 1 heteroatoms. The summed E-state index contributed by atoms with van der Waals surface area (Å²) in [5, 5.41) is 0. The van der Waals surface area contributed by atoms with Crippen molar-refractivity contribution in [3.8, 4) is 0 Å². The van der Waals surface area contributed by atoms with Gasteiger partial charge < -0.3 is 0 Å². The van der Waals surface area contributed by atoms with Gasteiger partial charge in [-0.15, -0.1) is 0 Å². The Kier molecular flexibility index (Phi) is 2.75. The standard InChI is InChI=1S/C17H16O/c1-12-7-5-6-10-14(12)17(18)16-11-15(16)13-8-3-2-4-9-13/h2-10,15-16H,11H2,1H3/t15-,16+/m0/s1. The average molecular weight is 236 g/mol. The van der Waals surface area contributed by atoms with Crippen LogP contribution in [-0.2, 0) is 0 Å². The summed E-state index contributed by atoms with van der Waals surface area (Å²) >= 11 is 0. The van der Waals surface area contributed by atoms with Gasteiger partial charge in [0.15, 0.2) is 5.78 Å². The molecule has 1 fully saturated rings. The minimum absolute atomic E-state index is 0.188. The second kappa shape index (κ2) is 4.41. The monoisotopic (exact) mass is 236 g/mol. The number of carbonyl (C=O) groups is 1. The second-order valence-corrected chi connectivity index (χ2v) is 5.04. The van der Waals surface area contributed by atoms with Crippen molar-refractivity contribution in [1.29, 1.82) is 0 Å². The van der Waals surface area contributed by atoms with Gasteiger partial charge in [0.2, 0.25) is 0 Å². The third-order valence-corrected chi connectivity index (χ3v) is 3.77. The summed E-state index contributed by atoms with van der Waals surface area (Å²) in [7, 11) is 0. The molecule has 1 nitrogen and oxygen atoms in total. The summed E-state index contributed by atoms with van der Waals surface area (Å²) in [4.78, 5) is 12.4. The summed E-state index contributed by atoms with van der Waals surface area (Å²) in [6.07, 6.45) is 0.997. The van der Waals surface area contributed by atoms with Crippen LogP contribution in [-0.4, -0.2) is 5.78 Å². The van der Waals surface area contributed by atoms with E-state index in [1.54, 1.807) is 0 Å². The number of hydrogen-bond acceptors (Lipinski definition) is 1. The summed E-state index contributed by atoms with van der Waals surface area (Å²) in [6, 6.07) is 18.2. The highest BCUT2D eigenvalue weighted by Crippen LogP contribution is 2.49. The Morgan fingerprint density at radius 2 is 1.67 bits per heavy atom. The van der Waals surface area contributed by atoms with Crippen molar-refractivity contribution in [2.75, 3.05) is 0 Å². The number of carbonyl (C=O) groups excluding carboxylic acids is 1. The van der Waals surface area contributed by atoms with E-state index in [9.17, 15) is 4.79 Å². The highest BCUT2D eigenvalue weighted by molar-refractivity contribution is 6.01. The number of hydrogen-bond donors (Lipinski definition) is 0. The molecule has 0 heterocycles. The van der Waals surface area contributed by atoms with Gasteiger partial charge in [0, 0.05) is 11.5 Å². The fourth-order valence-electron chi connectivity index (χ4n) is 2.60. The molecule has 0 bridgehead atoms. The minimum atomic E-state index is 0.188. The summed E-state index contributed by atoms with van der Waals surface area (Å²) in [5.74, 6) is 0.925. The highest BCUT2D eigenvalue weighted by atomic mass is 16.1. The molecule has 3 rings (SSSR count). The molecular weight excluding hydrogens is 220 g/mol. The van der Waals surface area contributed by atoms with Gasteiger partial charge in [-0.1, -0.05) is 54.6 Å². The first-order chi connectivity index (χ1) is 8.77. The molecule has 0 aliphatic heterocycles. The quantitative estimate of drug-likeness (QED) is 0.737. The van der Waals surface area contributed by atoms with Crippen LogP contribution in [0.15, 0.2) is 54.6 Å². The van der Waals surface area contributed by atoms with E-state index in [1.165, 1.54) is 5.56 Å². The van der Waals surface area contributed by atoms with Crippen molar-refractivity contribution in [1.82, 2.24) is 0 Å². The molecule has 18 heavy (non-hydrogen) atoms. The van der Waals surface area contributed by atoms with Crippen LogP contribution in [0.4, 0.5) is 0 Å². The smallest absolute Gasteiger partial charge is 0.166 e. The Morgan fingerprint density at radius 1 is 1.00 bits per heavy atom. The molecule has 0 N–H and O–H groups in total. The Balaban J connectivity index is 1.80. The SMILES string of the molecule is Cc1ccccc1C(=O)[C@@H]1C[C@H]1c1ccccc1. The Labute approximate surface area is 107 Å². The van der Waals surface area contributed by atoms with E-state index in [0.717, 1.165) is 17.5 Å². The largest absolute Gasteiger partial charge is 0.294 e. The molecule has 90 valence electrons. The van der Waals surface area contributed by atoms with E-state index < -0.39 is 0 Å². The van der Waals surface area contributed by atoms with Gasteiger partial charge in [0.25, 0.3) is 0 Å². The van der Waals surface area contributed by atoms with Crippen LogP contribution in [0.25, 0.3) is 0 Å². The van der Waals surface area contributed by atoms with Crippen LogP contribution < -0.4 is 0 Å². The van der Waals surface area contributed by atoms with Crippen LogP contribution >= 0.6 is 0 Å². The zero-order chi connectivity index (χ0) is 12.5. The maximum Gasteiger partial charge on any atom is 0.166 e. The first-order valence-corrected chi connectivity index (χ1v) is 6.42. The van der Waals surface area contributed by atoms with Gasteiger partial charge in [0.1, 0.15) is 0 Å². The summed E-state index contributed by atoms with van der Waals surface area (Å²) < 4.78 is 0. The maximum atomic E-state index is 12.4. The van der Waals surface area contributed by atoms with E-state index in [1.807, 2.05) is 49.4 Å². The van der Waals surface area contributed by atoms with E-state index in [4.69, 9.17) is 0 Å². The normalized spacial score (nSPS) is 21.6. The molecule has 0 radical (unpaired) electrons. The molecule has 1 aliphatic carbocycles. The van der Waals surface area contributed by atoms with E-state index >= 15 is 0 Å². The first-order valence-electron chi connectivity index (χ1n) is 6.42. The predicted molar refractivity (Wildman–Crippen MR) is 72.8 cm³/mol. The lowest BCUT2D eigenvalue weighted by molar-refractivity contribution is 0.0964. The lowest BCUT2D eigenvalue weighted by atomic mass is 9.99. The van der Waals surface area contributed by atoms with Crippen LogP contribution in [0.2, 0.25) is 0 Å². The van der Waals surface area contributed by atoms with Crippen molar-refractivity contribution in [3.63, 3.8) is 0 Å². The zero-order valence-electron chi connectivity index (χ0n) is 10.5. The molecule has 2 aromatic rings. The molecular formula is C17H16O. The molecule has 2 aromatic carbocycles. The molecule has 0 spiro atoms. The zero-order valence-corrected chi connectivity index (χ0v) is 10.5. The van der Waals surface area contributed by atoms with Gasteiger partial charge in [0.05, 0.1) is 0 Å². The number of benzene rings is 2. The average Bonchev–Trinajstić information content (AvgIpc) is 3.20. The molecule has 0 unspecified atom stereocenters. The topological polar surface area (TPSA) is 17.1 Å². The number of Topliss-reactive ketones (excluding diaryl/α,β-unsaturated/α-hetero) is 1. The fourth-order valence-corrected chi connectivity index (χ4v) is 2.60. The summed E-state index contributed by atoms with van der Waals surface area (Å²) in [5.41, 5.74) is 3.27. The molecule has 0 saturated heterocycles. The number of rotatable bonds is 3. The number of ketones is 1. The first kappa shape index (κ1) is 11.2.